The van der Waals surface area contributed by atoms with E-state index in [1.807, 2.05) is 0 Å². The summed E-state index contributed by atoms with van der Waals surface area (Å²) in [5, 5.41) is 2.70. The van der Waals surface area contributed by atoms with E-state index in [9.17, 15) is 14.0 Å². The Kier molecular flexibility index (Phi) is 6.17. The largest absolute Gasteiger partial charge is 0.488 e. The summed E-state index contributed by atoms with van der Waals surface area (Å²) in [7, 11) is 2.36. The highest BCUT2D eigenvalue weighted by atomic mass is 19.1. The molecule has 1 N–H and O–H groups in total. The van der Waals surface area contributed by atoms with E-state index in [0.29, 0.717) is 5.75 Å². The van der Waals surface area contributed by atoms with Crippen LogP contribution in [0, 0.1) is 5.82 Å². The third-order valence-corrected chi connectivity index (χ3v) is 3.68. The molecule has 0 atom stereocenters. The molecule has 1 saturated carbocycles. The van der Waals surface area contributed by atoms with Gasteiger partial charge in [-0.25, -0.2) is 14.0 Å². The zero-order chi connectivity index (χ0) is 17.5. The molecule has 0 spiro atoms. The van der Waals surface area contributed by atoms with Crippen LogP contribution in [0.5, 0.6) is 5.75 Å². The minimum Gasteiger partial charge on any atom is -0.488 e. The monoisotopic (exact) mass is 337 g/mol. The molecule has 1 aliphatic carbocycles. The number of halogens is 1. The van der Waals surface area contributed by atoms with Gasteiger partial charge in [0.2, 0.25) is 0 Å². The molecule has 1 aromatic carbocycles. The Morgan fingerprint density at radius 3 is 2.54 bits per heavy atom. The fourth-order valence-electron chi connectivity index (χ4n) is 2.47. The average Bonchev–Trinajstić information content (AvgIpc) is 3.08. The van der Waals surface area contributed by atoms with Crippen molar-refractivity contribution in [2.75, 3.05) is 19.5 Å². The summed E-state index contributed by atoms with van der Waals surface area (Å²) in [4.78, 5) is 23.2. The van der Waals surface area contributed by atoms with Crippen LogP contribution in [0.1, 0.15) is 25.7 Å². The summed E-state index contributed by atoms with van der Waals surface area (Å²) in [6, 6.07) is 3.96. The molecule has 0 bridgehead atoms. The number of benzene rings is 1. The maximum absolute atomic E-state index is 13.6. The second kappa shape index (κ2) is 8.33. The van der Waals surface area contributed by atoms with Gasteiger partial charge in [-0.1, -0.05) is 0 Å². The summed E-state index contributed by atoms with van der Waals surface area (Å²) < 4.78 is 28.6. The predicted molar refractivity (Wildman–Crippen MR) is 85.0 cm³/mol. The molecule has 0 aliphatic heterocycles. The van der Waals surface area contributed by atoms with Crippen molar-refractivity contribution in [2.24, 2.45) is 0 Å². The second-order valence-electron chi connectivity index (χ2n) is 5.36. The van der Waals surface area contributed by atoms with Crippen LogP contribution in [0.25, 0.3) is 0 Å². The van der Waals surface area contributed by atoms with Crippen LogP contribution in [-0.4, -0.2) is 32.3 Å². The maximum atomic E-state index is 13.6. The SMILES string of the molecule is COC(=O)/C=C(/Nc1cc(F)ccc1OC1CCCC1)C(=O)OC. The molecule has 130 valence electrons. The number of hydrogen-bond acceptors (Lipinski definition) is 6. The van der Waals surface area contributed by atoms with E-state index in [2.05, 4.69) is 14.8 Å². The van der Waals surface area contributed by atoms with Crippen LogP contribution in [-0.2, 0) is 19.1 Å². The summed E-state index contributed by atoms with van der Waals surface area (Å²) >= 11 is 0. The van der Waals surface area contributed by atoms with Crippen molar-refractivity contribution in [3.8, 4) is 5.75 Å². The fraction of sp³-hybridized carbons (Fsp3) is 0.412. The number of anilines is 1. The number of methoxy groups -OCH3 is 2. The highest BCUT2D eigenvalue weighted by Crippen LogP contribution is 2.31. The van der Waals surface area contributed by atoms with E-state index < -0.39 is 17.8 Å². The van der Waals surface area contributed by atoms with Gasteiger partial charge in [0.25, 0.3) is 0 Å². The van der Waals surface area contributed by atoms with Crippen LogP contribution < -0.4 is 10.1 Å². The lowest BCUT2D eigenvalue weighted by Crippen LogP contribution is -2.17. The second-order valence-corrected chi connectivity index (χ2v) is 5.36. The average molecular weight is 337 g/mol. The normalized spacial score (nSPS) is 15.0. The summed E-state index contributed by atoms with van der Waals surface area (Å²) in [6.07, 6.45) is 5.03. The highest BCUT2D eigenvalue weighted by molar-refractivity contribution is 5.99. The topological polar surface area (TPSA) is 73.9 Å². The summed E-state index contributed by atoms with van der Waals surface area (Å²) in [5.74, 6) is -1.62. The molecule has 24 heavy (non-hydrogen) atoms. The Morgan fingerprint density at radius 2 is 1.92 bits per heavy atom. The highest BCUT2D eigenvalue weighted by Gasteiger charge is 2.20. The van der Waals surface area contributed by atoms with Crippen molar-refractivity contribution in [1.29, 1.82) is 0 Å². The minimum absolute atomic E-state index is 0.0576. The van der Waals surface area contributed by atoms with E-state index >= 15 is 0 Å². The minimum atomic E-state index is -0.781. The van der Waals surface area contributed by atoms with Gasteiger partial charge in [0, 0.05) is 6.07 Å². The lowest BCUT2D eigenvalue weighted by Gasteiger charge is -2.18. The van der Waals surface area contributed by atoms with Gasteiger partial charge in [0.15, 0.2) is 0 Å². The summed E-state index contributed by atoms with van der Waals surface area (Å²) in [5.41, 5.74) is 0.0636. The number of carbonyl (C=O) groups excluding carboxylic acids is 2. The van der Waals surface area contributed by atoms with Crippen molar-refractivity contribution in [2.45, 2.75) is 31.8 Å². The predicted octanol–water partition coefficient (Wildman–Crippen LogP) is 2.79. The van der Waals surface area contributed by atoms with Gasteiger partial charge in [-0.3, -0.25) is 0 Å². The van der Waals surface area contributed by atoms with Crippen molar-refractivity contribution < 1.29 is 28.2 Å². The Bertz CT molecular complexity index is 638. The quantitative estimate of drug-likeness (QED) is 0.636. The fourth-order valence-corrected chi connectivity index (χ4v) is 2.47. The number of nitrogens with one attached hydrogen (secondary N) is 1. The van der Waals surface area contributed by atoms with Crippen molar-refractivity contribution in [3.63, 3.8) is 0 Å². The van der Waals surface area contributed by atoms with Crippen LogP contribution >= 0.6 is 0 Å². The zero-order valence-corrected chi connectivity index (χ0v) is 13.6. The first-order chi connectivity index (χ1) is 11.5. The molecule has 1 aromatic rings. The molecule has 0 unspecified atom stereocenters. The zero-order valence-electron chi connectivity index (χ0n) is 13.6. The number of hydrogen-bond donors (Lipinski definition) is 1. The molecule has 0 saturated heterocycles. The number of ether oxygens (including phenoxy) is 3. The molecule has 2 rings (SSSR count). The number of carbonyl (C=O) groups is 2. The first-order valence-electron chi connectivity index (χ1n) is 7.64. The molecule has 0 aromatic heterocycles. The Balaban J connectivity index is 2.27. The van der Waals surface area contributed by atoms with E-state index in [1.54, 1.807) is 0 Å². The molecular formula is C17H20FNO5. The first-order valence-corrected chi connectivity index (χ1v) is 7.64. The smallest absolute Gasteiger partial charge is 0.354 e. The Morgan fingerprint density at radius 1 is 1.21 bits per heavy atom. The van der Waals surface area contributed by atoms with Crippen LogP contribution in [0.4, 0.5) is 10.1 Å². The van der Waals surface area contributed by atoms with Crippen LogP contribution in [0.15, 0.2) is 30.0 Å². The van der Waals surface area contributed by atoms with Gasteiger partial charge >= 0.3 is 11.9 Å². The van der Waals surface area contributed by atoms with Gasteiger partial charge in [-0.2, -0.15) is 0 Å². The standard InChI is InChI=1S/C17H20FNO5/c1-22-16(20)10-14(17(21)23-2)19-13-9-11(18)7-8-15(13)24-12-5-3-4-6-12/h7-10,12,19H,3-6H2,1-2H3/b14-10+. The lowest BCUT2D eigenvalue weighted by atomic mass is 10.2. The molecule has 1 aliphatic rings. The maximum Gasteiger partial charge on any atom is 0.354 e. The summed E-state index contributed by atoms with van der Waals surface area (Å²) in [6.45, 7) is 0. The van der Waals surface area contributed by atoms with Gasteiger partial charge in [-0.05, 0) is 37.8 Å². The molecule has 7 heteroatoms. The van der Waals surface area contributed by atoms with E-state index in [1.165, 1.54) is 32.4 Å². The van der Waals surface area contributed by atoms with Crippen molar-refractivity contribution in [3.05, 3.63) is 35.8 Å². The van der Waals surface area contributed by atoms with Crippen LogP contribution in [0.3, 0.4) is 0 Å². The molecule has 0 heterocycles. The van der Waals surface area contributed by atoms with Gasteiger partial charge in [0.1, 0.15) is 17.3 Å². The lowest BCUT2D eigenvalue weighted by molar-refractivity contribution is -0.138. The Labute approximate surface area is 139 Å². The molecule has 6 nitrogen and oxygen atoms in total. The van der Waals surface area contributed by atoms with Gasteiger partial charge < -0.3 is 19.5 Å². The third-order valence-electron chi connectivity index (χ3n) is 3.68. The van der Waals surface area contributed by atoms with Crippen LogP contribution in [0.2, 0.25) is 0 Å². The molecule has 1 fully saturated rings. The van der Waals surface area contributed by atoms with Gasteiger partial charge in [0.05, 0.1) is 32.1 Å². The Hall–Kier alpha value is -2.57. The van der Waals surface area contributed by atoms with E-state index in [-0.39, 0.29) is 17.5 Å². The van der Waals surface area contributed by atoms with E-state index in [4.69, 9.17) is 4.74 Å². The first kappa shape index (κ1) is 17.8. The van der Waals surface area contributed by atoms with Crippen molar-refractivity contribution >= 4 is 17.6 Å². The van der Waals surface area contributed by atoms with Gasteiger partial charge in [-0.15, -0.1) is 0 Å². The molecule has 0 amide bonds. The molecular weight excluding hydrogens is 317 g/mol. The molecule has 0 radical (unpaired) electrons. The third kappa shape index (κ3) is 4.71. The van der Waals surface area contributed by atoms with Crippen molar-refractivity contribution in [1.82, 2.24) is 0 Å². The number of esters is 2. The van der Waals surface area contributed by atoms with E-state index in [0.717, 1.165) is 31.8 Å². The number of rotatable bonds is 6.